The van der Waals surface area contributed by atoms with Gasteiger partial charge in [0.25, 0.3) is 0 Å². The summed E-state index contributed by atoms with van der Waals surface area (Å²) in [6.45, 7) is 9.12. The standard InChI is InChI=1S/C53H102O17P2/c1-7-9-11-21-29-35-50(55)63-41-48(69-52(57)37-31-22-12-10-8-2)43-67-71(59,60)65-39-47(54)40-66-72(61,62)68-44-49(42-64-51(56)36-30-25-20-19-24-28-34-46(5)6)70-53(58)38-32-26-18-16-14-13-15-17-23-27-33-45(3)4/h45-49,54H,7-44H2,1-6H3,(H,59,60)(H,61,62)/t47-,48+,49+/m0/s1. The van der Waals surface area contributed by atoms with E-state index in [1.54, 1.807) is 0 Å². The van der Waals surface area contributed by atoms with E-state index < -0.39 is 97.5 Å². The van der Waals surface area contributed by atoms with Gasteiger partial charge in [-0.3, -0.25) is 37.3 Å². The lowest BCUT2D eigenvalue weighted by Crippen LogP contribution is -2.30. The van der Waals surface area contributed by atoms with E-state index in [9.17, 15) is 43.2 Å². The molecule has 0 radical (unpaired) electrons. The second-order valence-electron chi connectivity index (χ2n) is 20.2. The van der Waals surface area contributed by atoms with E-state index in [1.807, 2.05) is 0 Å². The van der Waals surface area contributed by atoms with E-state index in [0.29, 0.717) is 31.6 Å². The Kier molecular flexibility index (Phi) is 45.1. The van der Waals surface area contributed by atoms with Crippen LogP contribution in [0.5, 0.6) is 0 Å². The molecule has 0 aliphatic heterocycles. The lowest BCUT2D eigenvalue weighted by atomic mass is 10.0. The van der Waals surface area contributed by atoms with Gasteiger partial charge in [0.1, 0.15) is 19.3 Å². The second-order valence-corrected chi connectivity index (χ2v) is 23.1. The number of ether oxygens (including phenoxy) is 4. The Labute approximate surface area is 435 Å². The number of phosphoric ester groups is 2. The van der Waals surface area contributed by atoms with Gasteiger partial charge in [0, 0.05) is 25.7 Å². The molecule has 0 spiro atoms. The summed E-state index contributed by atoms with van der Waals surface area (Å²) in [5.41, 5.74) is 0. The van der Waals surface area contributed by atoms with Crippen molar-refractivity contribution in [3.63, 3.8) is 0 Å². The first kappa shape index (κ1) is 70.1. The van der Waals surface area contributed by atoms with Crippen molar-refractivity contribution in [3.05, 3.63) is 0 Å². The molecular formula is C53H102O17P2. The Morgan fingerprint density at radius 1 is 0.375 bits per heavy atom. The predicted molar refractivity (Wildman–Crippen MR) is 280 cm³/mol. The number of aliphatic hydroxyl groups excluding tert-OH is 1. The third kappa shape index (κ3) is 47.8. The average Bonchev–Trinajstić information content (AvgIpc) is 3.32. The van der Waals surface area contributed by atoms with Crippen LogP contribution in [0.1, 0.15) is 247 Å². The molecule has 426 valence electrons. The molecule has 19 heteroatoms. The first-order valence-electron chi connectivity index (χ1n) is 28.0. The number of carbonyl (C=O) groups is 4. The van der Waals surface area contributed by atoms with Crippen LogP contribution in [0.25, 0.3) is 0 Å². The molecule has 72 heavy (non-hydrogen) atoms. The smallest absolute Gasteiger partial charge is 0.462 e. The second kappa shape index (κ2) is 46.4. The Bertz CT molecular complexity index is 1450. The Morgan fingerprint density at radius 3 is 0.944 bits per heavy atom. The Hall–Kier alpha value is -1.94. The molecular weight excluding hydrogens is 971 g/mol. The number of hydrogen-bond acceptors (Lipinski definition) is 15. The minimum absolute atomic E-state index is 0.0982. The van der Waals surface area contributed by atoms with E-state index in [-0.39, 0.29) is 25.7 Å². The van der Waals surface area contributed by atoms with Gasteiger partial charge in [-0.15, -0.1) is 0 Å². The van der Waals surface area contributed by atoms with Crippen LogP contribution in [0.15, 0.2) is 0 Å². The van der Waals surface area contributed by atoms with Crippen LogP contribution >= 0.6 is 15.6 Å². The summed E-state index contributed by atoms with van der Waals surface area (Å²) >= 11 is 0. The van der Waals surface area contributed by atoms with Crippen molar-refractivity contribution in [1.82, 2.24) is 0 Å². The van der Waals surface area contributed by atoms with Gasteiger partial charge in [-0.1, -0.05) is 196 Å². The van der Waals surface area contributed by atoms with Gasteiger partial charge >= 0.3 is 39.5 Å². The number of hydrogen-bond donors (Lipinski definition) is 3. The van der Waals surface area contributed by atoms with Crippen LogP contribution in [-0.2, 0) is 65.4 Å². The van der Waals surface area contributed by atoms with Crippen molar-refractivity contribution in [2.45, 2.75) is 265 Å². The van der Waals surface area contributed by atoms with Crippen molar-refractivity contribution >= 4 is 39.5 Å². The zero-order chi connectivity index (χ0) is 53.7. The number of esters is 4. The molecule has 5 atom stereocenters. The molecule has 0 aromatic carbocycles. The summed E-state index contributed by atoms with van der Waals surface area (Å²) in [6.07, 6.45) is 24.8. The molecule has 0 aliphatic rings. The van der Waals surface area contributed by atoms with Crippen LogP contribution in [0, 0.1) is 11.8 Å². The molecule has 0 aromatic rings. The van der Waals surface area contributed by atoms with Crippen LogP contribution in [-0.4, -0.2) is 96.7 Å². The molecule has 3 N–H and O–H groups in total. The normalized spacial score (nSPS) is 14.7. The summed E-state index contributed by atoms with van der Waals surface area (Å²) in [6, 6.07) is 0. The molecule has 0 aliphatic carbocycles. The van der Waals surface area contributed by atoms with Gasteiger partial charge in [0.15, 0.2) is 12.2 Å². The fourth-order valence-corrected chi connectivity index (χ4v) is 9.17. The molecule has 0 heterocycles. The number of aliphatic hydroxyl groups is 1. The van der Waals surface area contributed by atoms with Crippen molar-refractivity contribution < 1.29 is 80.2 Å². The molecule has 0 saturated carbocycles. The van der Waals surface area contributed by atoms with E-state index in [0.717, 1.165) is 109 Å². The van der Waals surface area contributed by atoms with Crippen LogP contribution in [0.4, 0.5) is 0 Å². The Balaban J connectivity index is 5.15. The van der Waals surface area contributed by atoms with Gasteiger partial charge in [-0.2, -0.15) is 0 Å². The SMILES string of the molecule is CCCCCCCC(=O)OC[C@H](COP(=O)(O)OC[C@H](O)COP(=O)(O)OC[C@@H](COC(=O)CCCCCCCCC(C)C)OC(=O)CCCCCCCCCCCCC(C)C)OC(=O)CCCCCCC. The highest BCUT2D eigenvalue weighted by molar-refractivity contribution is 7.47. The fourth-order valence-electron chi connectivity index (χ4n) is 7.59. The third-order valence-corrected chi connectivity index (χ3v) is 13.9. The van der Waals surface area contributed by atoms with Gasteiger partial charge in [-0.05, 0) is 37.5 Å². The van der Waals surface area contributed by atoms with E-state index in [2.05, 4.69) is 41.5 Å². The minimum atomic E-state index is -4.93. The largest absolute Gasteiger partial charge is 0.472 e. The number of carbonyl (C=O) groups excluding carboxylic acids is 4. The highest BCUT2D eigenvalue weighted by atomic mass is 31.2. The van der Waals surface area contributed by atoms with Gasteiger partial charge < -0.3 is 33.8 Å². The maximum absolute atomic E-state index is 12.9. The summed E-state index contributed by atoms with van der Waals surface area (Å²) in [7, 11) is -9.85. The summed E-state index contributed by atoms with van der Waals surface area (Å²) in [5.74, 6) is -0.743. The molecule has 0 amide bonds. The van der Waals surface area contributed by atoms with Crippen LogP contribution in [0.3, 0.4) is 0 Å². The van der Waals surface area contributed by atoms with E-state index >= 15 is 0 Å². The quantitative estimate of drug-likeness (QED) is 0.0222. The average molecular weight is 1070 g/mol. The predicted octanol–water partition coefficient (Wildman–Crippen LogP) is 13.4. The molecule has 2 unspecified atom stereocenters. The molecule has 0 aromatic heterocycles. The van der Waals surface area contributed by atoms with Crippen LogP contribution in [0.2, 0.25) is 0 Å². The van der Waals surface area contributed by atoms with Crippen molar-refractivity contribution in [3.8, 4) is 0 Å². The summed E-state index contributed by atoms with van der Waals surface area (Å²) in [4.78, 5) is 71.1. The van der Waals surface area contributed by atoms with E-state index in [1.165, 1.54) is 51.4 Å². The first-order valence-corrected chi connectivity index (χ1v) is 31.0. The molecule has 0 bridgehead atoms. The molecule has 17 nitrogen and oxygen atoms in total. The summed E-state index contributed by atoms with van der Waals surface area (Å²) < 4.78 is 67.1. The number of phosphoric acid groups is 2. The fraction of sp³-hybridized carbons (Fsp3) is 0.925. The number of rotatable bonds is 52. The lowest BCUT2D eigenvalue weighted by molar-refractivity contribution is -0.161. The van der Waals surface area contributed by atoms with E-state index in [4.69, 9.17) is 37.0 Å². The zero-order valence-electron chi connectivity index (χ0n) is 45.7. The Morgan fingerprint density at radius 2 is 0.639 bits per heavy atom. The lowest BCUT2D eigenvalue weighted by Gasteiger charge is -2.21. The number of unbranched alkanes of at least 4 members (excludes halogenated alkanes) is 22. The maximum atomic E-state index is 12.9. The van der Waals surface area contributed by atoms with Gasteiger partial charge in [-0.25, -0.2) is 9.13 Å². The molecule has 0 rings (SSSR count). The van der Waals surface area contributed by atoms with Crippen molar-refractivity contribution in [2.75, 3.05) is 39.6 Å². The molecule has 0 saturated heterocycles. The topological polar surface area (TPSA) is 237 Å². The van der Waals surface area contributed by atoms with Gasteiger partial charge in [0.05, 0.1) is 26.4 Å². The minimum Gasteiger partial charge on any atom is -0.462 e. The van der Waals surface area contributed by atoms with Crippen molar-refractivity contribution in [2.24, 2.45) is 11.8 Å². The highest BCUT2D eigenvalue weighted by Crippen LogP contribution is 2.45. The summed E-state index contributed by atoms with van der Waals surface area (Å²) in [5, 5.41) is 10.4. The maximum Gasteiger partial charge on any atom is 0.472 e. The van der Waals surface area contributed by atoms with Gasteiger partial charge in [0.2, 0.25) is 0 Å². The molecule has 0 fully saturated rings. The van der Waals surface area contributed by atoms with Crippen LogP contribution < -0.4 is 0 Å². The monoisotopic (exact) mass is 1070 g/mol. The van der Waals surface area contributed by atoms with Crippen molar-refractivity contribution in [1.29, 1.82) is 0 Å². The zero-order valence-corrected chi connectivity index (χ0v) is 47.5. The highest BCUT2D eigenvalue weighted by Gasteiger charge is 2.30. The first-order chi connectivity index (χ1) is 34.4. The third-order valence-electron chi connectivity index (χ3n) is 12.0.